The van der Waals surface area contributed by atoms with Crippen molar-refractivity contribution in [1.82, 2.24) is 5.32 Å². The molecule has 96 valence electrons. The molecule has 0 saturated carbocycles. The Balaban J connectivity index is 2.23. The number of halogens is 2. The third-order valence-corrected chi connectivity index (χ3v) is 3.74. The van der Waals surface area contributed by atoms with Crippen molar-refractivity contribution in [2.24, 2.45) is 0 Å². The molecule has 4 heteroatoms. The second-order valence-electron chi connectivity index (χ2n) is 4.25. The second kappa shape index (κ2) is 5.67. The Morgan fingerprint density at radius 3 is 2.72 bits per heavy atom. The summed E-state index contributed by atoms with van der Waals surface area (Å²) in [5, 5.41) is 3.23. The molecule has 2 rings (SSSR count). The van der Waals surface area contributed by atoms with Crippen LogP contribution in [0.2, 0.25) is 0 Å². The first kappa shape index (κ1) is 13.3. The SMILES string of the molecule is CNC(Cc1ccc(F)cc1Br)c1occc1C. The number of benzene rings is 1. The van der Waals surface area contributed by atoms with Crippen molar-refractivity contribution in [2.45, 2.75) is 19.4 Å². The Labute approximate surface area is 114 Å². The monoisotopic (exact) mass is 311 g/mol. The van der Waals surface area contributed by atoms with Crippen LogP contribution in [0.3, 0.4) is 0 Å². The van der Waals surface area contributed by atoms with Gasteiger partial charge < -0.3 is 9.73 Å². The zero-order valence-corrected chi connectivity index (χ0v) is 11.9. The molecule has 2 nitrogen and oxygen atoms in total. The number of aryl methyl sites for hydroxylation is 1. The van der Waals surface area contributed by atoms with Crippen LogP contribution in [0.15, 0.2) is 39.4 Å². The second-order valence-corrected chi connectivity index (χ2v) is 5.10. The van der Waals surface area contributed by atoms with E-state index in [1.54, 1.807) is 12.3 Å². The largest absolute Gasteiger partial charge is 0.467 e. The van der Waals surface area contributed by atoms with Gasteiger partial charge in [0.1, 0.15) is 11.6 Å². The van der Waals surface area contributed by atoms with E-state index in [0.717, 1.165) is 27.8 Å². The van der Waals surface area contributed by atoms with Crippen molar-refractivity contribution in [3.63, 3.8) is 0 Å². The summed E-state index contributed by atoms with van der Waals surface area (Å²) in [6.07, 6.45) is 2.43. The maximum Gasteiger partial charge on any atom is 0.124 e. The Bertz CT molecular complexity index is 538. The first-order chi connectivity index (χ1) is 8.61. The normalized spacial score (nSPS) is 12.7. The van der Waals surface area contributed by atoms with Crippen molar-refractivity contribution in [2.75, 3.05) is 7.05 Å². The number of hydrogen-bond acceptors (Lipinski definition) is 2. The number of hydrogen-bond donors (Lipinski definition) is 1. The average Bonchev–Trinajstić information content (AvgIpc) is 2.75. The molecule has 1 aromatic carbocycles. The van der Waals surface area contributed by atoms with Crippen molar-refractivity contribution >= 4 is 15.9 Å². The fourth-order valence-corrected chi connectivity index (χ4v) is 2.49. The molecular weight excluding hydrogens is 297 g/mol. The molecule has 1 N–H and O–H groups in total. The predicted octanol–water partition coefficient (Wildman–Crippen LogP) is 3.99. The molecule has 0 aliphatic rings. The summed E-state index contributed by atoms with van der Waals surface area (Å²) in [4.78, 5) is 0. The smallest absolute Gasteiger partial charge is 0.124 e. The highest BCUT2D eigenvalue weighted by Gasteiger charge is 2.17. The highest BCUT2D eigenvalue weighted by molar-refractivity contribution is 9.10. The minimum absolute atomic E-state index is 0.0850. The van der Waals surface area contributed by atoms with Crippen LogP contribution in [0, 0.1) is 12.7 Å². The van der Waals surface area contributed by atoms with E-state index in [0.29, 0.717) is 0 Å². The van der Waals surface area contributed by atoms with Gasteiger partial charge in [0, 0.05) is 4.47 Å². The molecule has 0 spiro atoms. The highest BCUT2D eigenvalue weighted by Crippen LogP contribution is 2.26. The predicted molar refractivity (Wildman–Crippen MR) is 73.0 cm³/mol. The minimum Gasteiger partial charge on any atom is -0.467 e. The van der Waals surface area contributed by atoms with Gasteiger partial charge in [0.2, 0.25) is 0 Å². The van der Waals surface area contributed by atoms with Crippen LogP contribution >= 0.6 is 15.9 Å². The van der Waals surface area contributed by atoms with E-state index < -0.39 is 0 Å². The fourth-order valence-electron chi connectivity index (χ4n) is 1.97. The van der Waals surface area contributed by atoms with Gasteiger partial charge in [-0.25, -0.2) is 4.39 Å². The van der Waals surface area contributed by atoms with Crippen molar-refractivity contribution in [3.05, 3.63) is 57.7 Å². The van der Waals surface area contributed by atoms with E-state index in [1.165, 1.54) is 12.1 Å². The van der Waals surface area contributed by atoms with Crippen molar-refractivity contribution < 1.29 is 8.81 Å². The van der Waals surface area contributed by atoms with E-state index in [4.69, 9.17) is 4.42 Å². The quantitative estimate of drug-likeness (QED) is 0.923. The molecule has 0 fully saturated rings. The third kappa shape index (κ3) is 2.82. The van der Waals surface area contributed by atoms with Gasteiger partial charge in [-0.2, -0.15) is 0 Å². The zero-order chi connectivity index (χ0) is 13.1. The standard InChI is InChI=1S/C14H15BrFNO/c1-9-5-6-18-14(9)13(17-2)7-10-3-4-11(16)8-12(10)15/h3-6,8,13,17H,7H2,1-2H3. The molecule has 0 radical (unpaired) electrons. The number of nitrogens with one attached hydrogen (secondary N) is 1. The summed E-state index contributed by atoms with van der Waals surface area (Å²) in [5.74, 6) is 0.689. The first-order valence-electron chi connectivity index (χ1n) is 5.77. The molecule has 0 amide bonds. The molecule has 0 aliphatic heterocycles. The summed E-state index contributed by atoms with van der Waals surface area (Å²) in [7, 11) is 1.89. The van der Waals surface area contributed by atoms with Crippen molar-refractivity contribution in [3.8, 4) is 0 Å². The maximum atomic E-state index is 13.0. The van der Waals surface area contributed by atoms with Gasteiger partial charge >= 0.3 is 0 Å². The number of likely N-dealkylation sites (N-methyl/N-ethyl adjacent to an activating group) is 1. The van der Waals surface area contributed by atoms with Crippen LogP contribution in [0.5, 0.6) is 0 Å². The molecule has 1 unspecified atom stereocenters. The highest BCUT2D eigenvalue weighted by atomic mass is 79.9. The van der Waals surface area contributed by atoms with E-state index in [9.17, 15) is 4.39 Å². The van der Waals surface area contributed by atoms with Crippen LogP contribution in [-0.4, -0.2) is 7.05 Å². The Morgan fingerprint density at radius 1 is 1.39 bits per heavy atom. The molecule has 0 saturated heterocycles. The van der Waals surface area contributed by atoms with Crippen LogP contribution in [0.25, 0.3) is 0 Å². The van der Waals surface area contributed by atoms with Crippen LogP contribution in [-0.2, 0) is 6.42 Å². The Kier molecular flexibility index (Phi) is 4.19. The molecule has 0 bridgehead atoms. The summed E-state index contributed by atoms with van der Waals surface area (Å²) in [5.41, 5.74) is 2.17. The summed E-state index contributed by atoms with van der Waals surface area (Å²) < 4.78 is 19.3. The average molecular weight is 312 g/mol. The molecule has 18 heavy (non-hydrogen) atoms. The first-order valence-corrected chi connectivity index (χ1v) is 6.56. The molecule has 0 aliphatic carbocycles. The van der Waals surface area contributed by atoms with E-state index >= 15 is 0 Å². The third-order valence-electron chi connectivity index (χ3n) is 3.01. The summed E-state index contributed by atoms with van der Waals surface area (Å²) >= 11 is 3.39. The Hall–Kier alpha value is -1.13. The van der Waals surface area contributed by atoms with Gasteiger partial charge in [-0.05, 0) is 49.7 Å². The fraction of sp³-hybridized carbons (Fsp3) is 0.286. The lowest BCUT2D eigenvalue weighted by Crippen LogP contribution is -2.19. The molecule has 1 heterocycles. The van der Waals surface area contributed by atoms with Crippen LogP contribution < -0.4 is 5.32 Å². The summed E-state index contributed by atoms with van der Waals surface area (Å²) in [6.45, 7) is 2.02. The Morgan fingerprint density at radius 2 is 2.17 bits per heavy atom. The molecule has 2 aromatic rings. The van der Waals surface area contributed by atoms with E-state index in [2.05, 4.69) is 21.2 Å². The molecular formula is C14H15BrFNO. The number of furan rings is 1. The van der Waals surface area contributed by atoms with Crippen LogP contribution in [0.4, 0.5) is 4.39 Å². The van der Waals surface area contributed by atoms with Gasteiger partial charge in [-0.1, -0.05) is 22.0 Å². The molecule has 1 aromatic heterocycles. The van der Waals surface area contributed by atoms with Gasteiger partial charge in [-0.15, -0.1) is 0 Å². The summed E-state index contributed by atoms with van der Waals surface area (Å²) in [6, 6.07) is 6.78. The van der Waals surface area contributed by atoms with Gasteiger partial charge in [0.25, 0.3) is 0 Å². The molecule has 1 atom stereocenters. The topological polar surface area (TPSA) is 25.2 Å². The van der Waals surface area contributed by atoms with E-state index in [1.807, 2.05) is 20.0 Å². The van der Waals surface area contributed by atoms with Gasteiger partial charge in [-0.3, -0.25) is 0 Å². The minimum atomic E-state index is -0.235. The zero-order valence-electron chi connectivity index (χ0n) is 10.3. The lowest BCUT2D eigenvalue weighted by atomic mass is 10.0. The van der Waals surface area contributed by atoms with Crippen LogP contribution in [0.1, 0.15) is 22.9 Å². The van der Waals surface area contributed by atoms with Gasteiger partial charge in [0.15, 0.2) is 0 Å². The lowest BCUT2D eigenvalue weighted by Gasteiger charge is -2.16. The number of rotatable bonds is 4. The lowest BCUT2D eigenvalue weighted by molar-refractivity contribution is 0.426. The van der Waals surface area contributed by atoms with Crippen molar-refractivity contribution in [1.29, 1.82) is 0 Å². The van der Waals surface area contributed by atoms with E-state index in [-0.39, 0.29) is 11.9 Å². The van der Waals surface area contributed by atoms with Gasteiger partial charge in [0.05, 0.1) is 12.3 Å². The maximum absolute atomic E-state index is 13.0.